The van der Waals surface area contributed by atoms with Gasteiger partial charge in [0.2, 0.25) is 5.88 Å². The van der Waals surface area contributed by atoms with Gasteiger partial charge in [0.15, 0.2) is 5.82 Å². The summed E-state index contributed by atoms with van der Waals surface area (Å²) in [5.74, 6) is -0.281. The minimum Gasteiger partial charge on any atom is -0.471 e. The van der Waals surface area contributed by atoms with E-state index in [9.17, 15) is 9.18 Å². The van der Waals surface area contributed by atoms with Gasteiger partial charge in [-0.1, -0.05) is 0 Å². The first-order valence-electron chi connectivity index (χ1n) is 17.5. The number of carbonyl (C=O) groups is 1. The molecule has 6 heterocycles. The number of carbonyl (C=O) groups excluding carboxylic acids is 1. The lowest BCUT2D eigenvalue weighted by atomic mass is 9.93. The van der Waals surface area contributed by atoms with Crippen LogP contribution in [-0.2, 0) is 15.9 Å². The number of halogens is 2. The number of benzene rings is 1. The van der Waals surface area contributed by atoms with Gasteiger partial charge in [-0.05, 0) is 83.7 Å². The van der Waals surface area contributed by atoms with Gasteiger partial charge in [0.1, 0.15) is 29.6 Å². The second-order valence-corrected chi connectivity index (χ2v) is 14.8. The Morgan fingerprint density at radius 1 is 1.16 bits per heavy atom. The Balaban J connectivity index is 1.20. The molecular weight excluding hydrogens is 648 g/mol. The highest BCUT2D eigenvalue weighted by Crippen LogP contribution is 2.41. The van der Waals surface area contributed by atoms with E-state index in [1.807, 2.05) is 33.8 Å². The lowest BCUT2D eigenvalue weighted by molar-refractivity contribution is 0.0421. The highest BCUT2D eigenvalue weighted by atomic mass is 19.1. The highest BCUT2D eigenvalue weighted by molar-refractivity contribution is 5.98. The normalized spacial score (nSPS) is 22.6. The third-order valence-electron chi connectivity index (χ3n) is 9.98. The number of hydrogen-bond donors (Lipinski definition) is 2. The molecule has 0 radical (unpaired) electrons. The summed E-state index contributed by atoms with van der Waals surface area (Å²) in [7, 11) is 0. The molecule has 7 rings (SSSR count). The summed E-state index contributed by atoms with van der Waals surface area (Å²) in [6.45, 7) is 11.0. The number of nitrogens with one attached hydrogen (secondary N) is 2. The Labute approximate surface area is 289 Å². The SMILES string of the molecule is Cc1cc2[nH]ncc2c(-c2ncc3c(OC(C)(C)C)nc(OC[C@@]45CCCN4C[C@H](F)C5)nc3c2F)c1CCOC(=O)OC[C@@H]1CCCNC1. The summed E-state index contributed by atoms with van der Waals surface area (Å²) >= 11 is 0. The molecule has 12 nitrogen and oxygen atoms in total. The van der Waals surface area contributed by atoms with Crippen LogP contribution < -0.4 is 14.8 Å². The van der Waals surface area contributed by atoms with Gasteiger partial charge in [0, 0.05) is 49.0 Å². The van der Waals surface area contributed by atoms with Crippen molar-refractivity contribution in [3.8, 4) is 23.1 Å². The van der Waals surface area contributed by atoms with Crippen LogP contribution in [0, 0.1) is 18.7 Å². The number of aryl methyl sites for hydroxylation is 1. The second kappa shape index (κ2) is 13.9. The molecule has 0 spiro atoms. The summed E-state index contributed by atoms with van der Waals surface area (Å²) in [6, 6.07) is 1.87. The van der Waals surface area contributed by atoms with Gasteiger partial charge in [-0.3, -0.25) is 15.0 Å². The van der Waals surface area contributed by atoms with Crippen LogP contribution in [0.3, 0.4) is 0 Å². The Kier molecular flexibility index (Phi) is 9.50. The van der Waals surface area contributed by atoms with Gasteiger partial charge >= 0.3 is 12.2 Å². The minimum absolute atomic E-state index is 0.0176. The highest BCUT2D eigenvalue weighted by Gasteiger charge is 2.49. The molecule has 0 unspecified atom stereocenters. The molecule has 0 saturated carbocycles. The maximum Gasteiger partial charge on any atom is 0.508 e. The largest absolute Gasteiger partial charge is 0.508 e. The standard InChI is InChI=1S/C36H45F2N7O5/c1-21-13-27-25(17-41-44-27)28(24(21)8-12-47-34(46)48-19-22-7-5-10-39-15-22)31-29(38)30-26(16-40-31)32(50-35(2,3)4)43-33(42-30)49-20-36-9-6-11-45(36)18-23(37)14-36/h13,16-17,22-23,39H,5-12,14-15,18-20H2,1-4H3,(H,41,44)/t22-,23-,36+/m1/s1. The molecule has 14 heteroatoms. The summed E-state index contributed by atoms with van der Waals surface area (Å²) in [4.78, 5) is 28.3. The maximum absolute atomic E-state index is 17.0. The van der Waals surface area contributed by atoms with Crippen LogP contribution in [0.1, 0.15) is 64.0 Å². The molecule has 1 aromatic carbocycles. The van der Waals surface area contributed by atoms with Crippen molar-refractivity contribution in [1.82, 2.24) is 35.4 Å². The molecule has 50 heavy (non-hydrogen) atoms. The van der Waals surface area contributed by atoms with E-state index in [1.165, 1.54) is 6.20 Å². The average molecular weight is 694 g/mol. The van der Waals surface area contributed by atoms with E-state index in [-0.39, 0.29) is 54.0 Å². The Hall–Kier alpha value is -4.17. The Bertz CT molecular complexity index is 1880. The van der Waals surface area contributed by atoms with Gasteiger partial charge in [-0.2, -0.15) is 15.1 Å². The number of hydrogen-bond acceptors (Lipinski definition) is 11. The molecule has 0 aliphatic carbocycles. The average Bonchev–Trinajstić information content (AvgIpc) is 3.77. The first-order valence-corrected chi connectivity index (χ1v) is 17.5. The molecule has 3 atom stereocenters. The number of ether oxygens (including phenoxy) is 4. The van der Waals surface area contributed by atoms with Crippen LogP contribution in [-0.4, -0.2) is 99.5 Å². The monoisotopic (exact) mass is 693 g/mol. The zero-order valence-electron chi connectivity index (χ0n) is 29.1. The first kappa shape index (κ1) is 34.3. The number of piperidine rings is 1. The van der Waals surface area contributed by atoms with Crippen molar-refractivity contribution < 1.29 is 32.5 Å². The van der Waals surface area contributed by atoms with Crippen LogP contribution >= 0.6 is 0 Å². The van der Waals surface area contributed by atoms with E-state index in [0.29, 0.717) is 36.0 Å². The van der Waals surface area contributed by atoms with Crippen molar-refractivity contribution in [2.45, 2.75) is 83.5 Å². The molecule has 3 aliphatic rings. The third-order valence-corrected chi connectivity index (χ3v) is 9.98. The molecule has 3 fully saturated rings. The second-order valence-electron chi connectivity index (χ2n) is 14.8. The van der Waals surface area contributed by atoms with Gasteiger partial charge < -0.3 is 24.3 Å². The predicted molar refractivity (Wildman–Crippen MR) is 183 cm³/mol. The van der Waals surface area contributed by atoms with E-state index in [4.69, 9.17) is 18.9 Å². The summed E-state index contributed by atoms with van der Waals surface area (Å²) < 4.78 is 54.6. The number of fused-ring (bicyclic) bond motifs is 3. The summed E-state index contributed by atoms with van der Waals surface area (Å²) in [5.41, 5.74) is 1.74. The zero-order chi connectivity index (χ0) is 35.0. The van der Waals surface area contributed by atoms with Crippen LogP contribution in [0.5, 0.6) is 11.9 Å². The lowest BCUT2D eigenvalue weighted by Gasteiger charge is -2.31. The number of aromatic nitrogens is 5. The van der Waals surface area contributed by atoms with Crippen molar-refractivity contribution >= 4 is 28.0 Å². The van der Waals surface area contributed by atoms with E-state index < -0.39 is 29.3 Å². The van der Waals surface area contributed by atoms with Gasteiger partial charge in [0.25, 0.3) is 0 Å². The van der Waals surface area contributed by atoms with Gasteiger partial charge in [-0.15, -0.1) is 0 Å². The Morgan fingerprint density at radius 3 is 2.82 bits per heavy atom. The van der Waals surface area contributed by atoms with Crippen LogP contribution in [0.4, 0.5) is 13.6 Å². The Morgan fingerprint density at radius 2 is 2.02 bits per heavy atom. The fourth-order valence-electron chi connectivity index (χ4n) is 7.66. The minimum atomic E-state index is -0.916. The number of pyridine rings is 1. The van der Waals surface area contributed by atoms with Crippen molar-refractivity contribution in [3.05, 3.63) is 35.4 Å². The van der Waals surface area contributed by atoms with E-state index in [2.05, 4.69) is 35.4 Å². The fraction of sp³-hybridized carbons (Fsp3) is 0.583. The molecule has 268 valence electrons. The summed E-state index contributed by atoms with van der Waals surface area (Å²) in [5, 5.41) is 11.4. The van der Waals surface area contributed by atoms with Crippen molar-refractivity contribution in [3.63, 3.8) is 0 Å². The van der Waals surface area contributed by atoms with Crippen LogP contribution in [0.15, 0.2) is 18.5 Å². The van der Waals surface area contributed by atoms with E-state index in [1.54, 1.807) is 6.20 Å². The van der Waals surface area contributed by atoms with Crippen molar-refractivity contribution in [1.29, 1.82) is 0 Å². The van der Waals surface area contributed by atoms with E-state index in [0.717, 1.165) is 56.4 Å². The van der Waals surface area contributed by atoms with Crippen LogP contribution in [0.25, 0.3) is 33.1 Å². The molecule has 0 amide bonds. The number of H-pyrrole nitrogens is 1. The third kappa shape index (κ3) is 7.05. The first-order chi connectivity index (χ1) is 24.0. The maximum atomic E-state index is 17.0. The molecule has 3 aliphatic heterocycles. The molecule has 3 aromatic heterocycles. The van der Waals surface area contributed by atoms with E-state index >= 15 is 4.39 Å². The summed E-state index contributed by atoms with van der Waals surface area (Å²) in [6.07, 6.45) is 5.97. The molecular formula is C36H45F2N7O5. The smallest absolute Gasteiger partial charge is 0.471 e. The van der Waals surface area contributed by atoms with Crippen LogP contribution in [0.2, 0.25) is 0 Å². The number of aromatic amines is 1. The molecule has 2 N–H and O–H groups in total. The molecule has 3 saturated heterocycles. The van der Waals surface area contributed by atoms with Gasteiger partial charge in [0.05, 0.1) is 35.9 Å². The fourth-order valence-corrected chi connectivity index (χ4v) is 7.66. The number of nitrogens with zero attached hydrogens (tertiary/aromatic N) is 5. The lowest BCUT2D eigenvalue weighted by Crippen LogP contribution is -2.43. The molecule has 0 bridgehead atoms. The molecule has 4 aromatic rings. The topological polar surface area (TPSA) is 137 Å². The van der Waals surface area contributed by atoms with Crippen molar-refractivity contribution in [2.75, 3.05) is 46.0 Å². The van der Waals surface area contributed by atoms with Crippen molar-refractivity contribution in [2.24, 2.45) is 5.92 Å². The van der Waals surface area contributed by atoms with Gasteiger partial charge in [-0.25, -0.2) is 13.6 Å². The number of alkyl halides is 1. The quantitative estimate of drug-likeness (QED) is 0.194. The predicted octanol–water partition coefficient (Wildman–Crippen LogP) is 5.84. The zero-order valence-corrected chi connectivity index (χ0v) is 29.1. The number of rotatable bonds is 10.